The van der Waals surface area contributed by atoms with E-state index in [4.69, 9.17) is 4.74 Å². The van der Waals surface area contributed by atoms with E-state index in [-0.39, 0.29) is 11.7 Å². The molecule has 1 aliphatic heterocycles. The summed E-state index contributed by atoms with van der Waals surface area (Å²) in [6.07, 6.45) is 3.85. The van der Waals surface area contributed by atoms with Crippen LogP contribution in [0.3, 0.4) is 0 Å². The van der Waals surface area contributed by atoms with Gasteiger partial charge in [-0.25, -0.2) is 4.39 Å². The molecule has 206 valence electrons. The molecule has 6 heteroatoms. The Morgan fingerprint density at radius 3 is 2.42 bits per heavy atom. The van der Waals surface area contributed by atoms with Crippen LogP contribution in [0, 0.1) is 5.82 Å². The average Bonchev–Trinajstić information content (AvgIpc) is 3.36. The summed E-state index contributed by atoms with van der Waals surface area (Å²) in [5, 5.41) is 0. The highest BCUT2D eigenvalue weighted by atomic mass is 19.1. The van der Waals surface area contributed by atoms with Gasteiger partial charge < -0.3 is 19.1 Å². The summed E-state index contributed by atoms with van der Waals surface area (Å²) in [6.45, 7) is 3.95. The number of piperazine rings is 1. The summed E-state index contributed by atoms with van der Waals surface area (Å²) in [6, 6.07) is 25.9. The first-order valence-corrected chi connectivity index (χ1v) is 14.3. The number of para-hydroxylation sites is 1. The van der Waals surface area contributed by atoms with Crippen molar-refractivity contribution in [3.8, 4) is 17.0 Å². The summed E-state index contributed by atoms with van der Waals surface area (Å²) in [5.74, 6) is 0.884. The molecule has 0 saturated carbocycles. The number of nitrogens with zero attached hydrogens (tertiary/aromatic N) is 3. The second kappa shape index (κ2) is 11.6. The minimum atomic E-state index is -0.206. The molecule has 0 spiro atoms. The van der Waals surface area contributed by atoms with Gasteiger partial charge in [0.25, 0.3) is 0 Å². The quantitative estimate of drug-likeness (QED) is 0.280. The highest BCUT2D eigenvalue weighted by Crippen LogP contribution is 2.38. The van der Waals surface area contributed by atoms with Crippen LogP contribution >= 0.6 is 0 Å². The monoisotopic (exact) mass is 537 g/mol. The van der Waals surface area contributed by atoms with Gasteiger partial charge >= 0.3 is 0 Å². The highest BCUT2D eigenvalue weighted by Gasteiger charge is 2.25. The summed E-state index contributed by atoms with van der Waals surface area (Å²) in [4.78, 5) is 17.7. The number of aromatic nitrogens is 1. The number of carbonyl (C=O) groups excluding carboxylic acids is 1. The van der Waals surface area contributed by atoms with Crippen LogP contribution in [-0.4, -0.2) is 48.7 Å². The Hall–Kier alpha value is -4.06. The van der Waals surface area contributed by atoms with E-state index in [1.54, 1.807) is 19.2 Å². The summed E-state index contributed by atoms with van der Waals surface area (Å²) >= 11 is 0. The maximum atomic E-state index is 13.9. The molecule has 2 heterocycles. The van der Waals surface area contributed by atoms with Crippen LogP contribution in [0.5, 0.6) is 5.75 Å². The van der Waals surface area contributed by atoms with E-state index >= 15 is 0 Å². The lowest BCUT2D eigenvalue weighted by Gasteiger charge is -2.36. The van der Waals surface area contributed by atoms with Crippen molar-refractivity contribution in [2.24, 2.45) is 0 Å². The third kappa shape index (κ3) is 5.48. The SMILES string of the molecule is COc1ccc2c(c1)CCc1cc(CCC(=O)N3CCN(c4ccccc4)CC3)n(CCc3cccc(F)c3)c1-2. The fourth-order valence-corrected chi connectivity index (χ4v) is 6.22. The topological polar surface area (TPSA) is 37.7 Å². The molecule has 1 aliphatic carbocycles. The van der Waals surface area contributed by atoms with Crippen LogP contribution in [0.4, 0.5) is 10.1 Å². The number of hydrogen-bond donors (Lipinski definition) is 0. The maximum absolute atomic E-state index is 13.9. The number of halogens is 1. The molecule has 1 amide bonds. The Bertz CT molecular complexity index is 1490. The number of fused-ring (bicyclic) bond motifs is 3. The number of hydrogen-bond acceptors (Lipinski definition) is 3. The van der Waals surface area contributed by atoms with Gasteiger partial charge in [0.1, 0.15) is 11.6 Å². The molecule has 0 bridgehead atoms. The van der Waals surface area contributed by atoms with E-state index in [1.165, 1.54) is 39.8 Å². The van der Waals surface area contributed by atoms with Crippen molar-refractivity contribution < 1.29 is 13.9 Å². The first-order chi connectivity index (χ1) is 19.6. The normalized spacial score (nSPS) is 14.6. The molecule has 2 aliphatic rings. The first-order valence-electron chi connectivity index (χ1n) is 14.3. The summed E-state index contributed by atoms with van der Waals surface area (Å²) in [5.41, 5.74) is 8.46. The Morgan fingerprint density at radius 1 is 0.850 bits per heavy atom. The van der Waals surface area contributed by atoms with Crippen LogP contribution < -0.4 is 9.64 Å². The fourth-order valence-electron chi connectivity index (χ4n) is 6.22. The van der Waals surface area contributed by atoms with Crippen molar-refractivity contribution in [3.63, 3.8) is 0 Å². The Balaban J connectivity index is 1.20. The number of ether oxygens (including phenoxy) is 1. The maximum Gasteiger partial charge on any atom is 0.223 e. The number of amides is 1. The van der Waals surface area contributed by atoms with Gasteiger partial charge in [-0.2, -0.15) is 0 Å². The van der Waals surface area contributed by atoms with Gasteiger partial charge in [-0.05, 0) is 90.9 Å². The zero-order valence-electron chi connectivity index (χ0n) is 23.1. The predicted molar refractivity (Wildman–Crippen MR) is 157 cm³/mol. The molecule has 1 fully saturated rings. The third-order valence-electron chi connectivity index (χ3n) is 8.35. The summed E-state index contributed by atoms with van der Waals surface area (Å²) in [7, 11) is 1.70. The van der Waals surface area contributed by atoms with Crippen LogP contribution in [0.1, 0.15) is 28.8 Å². The van der Waals surface area contributed by atoms with Crippen molar-refractivity contribution >= 4 is 11.6 Å². The van der Waals surface area contributed by atoms with Gasteiger partial charge in [0, 0.05) is 56.1 Å². The van der Waals surface area contributed by atoms with Gasteiger partial charge in [0.05, 0.1) is 12.8 Å². The lowest BCUT2D eigenvalue weighted by Crippen LogP contribution is -2.48. The smallest absolute Gasteiger partial charge is 0.223 e. The molecule has 0 atom stereocenters. The first kappa shape index (κ1) is 26.2. The predicted octanol–water partition coefficient (Wildman–Crippen LogP) is 5.93. The standard InChI is InChI=1S/C34H36FN3O2/c1-40-31-13-14-32-26(24-31)10-11-27-23-30(38(34(27)32)17-16-25-6-5-7-28(35)22-25)12-15-33(39)37-20-18-36(19-21-37)29-8-3-2-4-9-29/h2-9,13-14,22-24H,10-12,15-21H2,1H3. The van der Waals surface area contributed by atoms with Gasteiger partial charge in [-0.15, -0.1) is 0 Å². The van der Waals surface area contributed by atoms with E-state index in [9.17, 15) is 9.18 Å². The lowest BCUT2D eigenvalue weighted by atomic mass is 9.90. The second-order valence-corrected chi connectivity index (χ2v) is 10.8. The zero-order valence-corrected chi connectivity index (χ0v) is 23.1. The van der Waals surface area contributed by atoms with E-state index < -0.39 is 0 Å². The van der Waals surface area contributed by atoms with Crippen LogP contribution in [0.2, 0.25) is 0 Å². The van der Waals surface area contributed by atoms with Gasteiger partial charge in [-0.3, -0.25) is 4.79 Å². The molecule has 5 nitrogen and oxygen atoms in total. The molecule has 0 radical (unpaired) electrons. The van der Waals surface area contributed by atoms with Crippen molar-refractivity contribution in [1.29, 1.82) is 0 Å². The van der Waals surface area contributed by atoms with E-state index in [0.717, 1.165) is 63.3 Å². The van der Waals surface area contributed by atoms with Crippen LogP contribution in [0.15, 0.2) is 78.9 Å². The van der Waals surface area contributed by atoms with Crippen LogP contribution in [-0.2, 0) is 37.0 Å². The lowest BCUT2D eigenvalue weighted by molar-refractivity contribution is -0.131. The molecule has 40 heavy (non-hydrogen) atoms. The van der Waals surface area contributed by atoms with Crippen molar-refractivity contribution in [2.45, 2.75) is 38.6 Å². The molecule has 0 N–H and O–H groups in total. The molecule has 1 saturated heterocycles. The van der Waals surface area contributed by atoms with Gasteiger partial charge in [0.15, 0.2) is 0 Å². The largest absolute Gasteiger partial charge is 0.497 e. The molecule has 6 rings (SSSR count). The number of anilines is 1. The average molecular weight is 538 g/mol. The number of rotatable bonds is 8. The van der Waals surface area contributed by atoms with Crippen LogP contribution in [0.25, 0.3) is 11.3 Å². The number of methoxy groups -OCH3 is 1. The third-order valence-corrected chi connectivity index (χ3v) is 8.35. The van der Waals surface area contributed by atoms with E-state index in [0.29, 0.717) is 12.8 Å². The Labute approximate surface area is 235 Å². The Kier molecular flexibility index (Phi) is 7.58. The molecular weight excluding hydrogens is 501 g/mol. The number of carbonyl (C=O) groups is 1. The van der Waals surface area contributed by atoms with Crippen molar-refractivity contribution in [3.05, 3.63) is 107 Å². The highest BCUT2D eigenvalue weighted by molar-refractivity contribution is 5.77. The fraction of sp³-hybridized carbons (Fsp3) is 0.324. The molecule has 3 aromatic carbocycles. The van der Waals surface area contributed by atoms with E-state index in [1.807, 2.05) is 23.1 Å². The van der Waals surface area contributed by atoms with E-state index in [2.05, 4.69) is 51.9 Å². The van der Waals surface area contributed by atoms with Crippen molar-refractivity contribution in [2.75, 3.05) is 38.2 Å². The Morgan fingerprint density at radius 2 is 1.65 bits per heavy atom. The summed E-state index contributed by atoms with van der Waals surface area (Å²) < 4.78 is 21.8. The number of benzene rings is 3. The minimum Gasteiger partial charge on any atom is -0.497 e. The molecule has 4 aromatic rings. The molecule has 0 unspecified atom stereocenters. The molecular formula is C34H36FN3O2. The second-order valence-electron chi connectivity index (χ2n) is 10.8. The minimum absolute atomic E-state index is 0.206. The zero-order chi connectivity index (χ0) is 27.5. The van der Waals surface area contributed by atoms with Gasteiger partial charge in [0.2, 0.25) is 5.91 Å². The molecule has 1 aromatic heterocycles. The van der Waals surface area contributed by atoms with Crippen molar-refractivity contribution in [1.82, 2.24) is 9.47 Å². The van der Waals surface area contributed by atoms with Gasteiger partial charge in [-0.1, -0.05) is 30.3 Å². The number of aryl methyl sites for hydroxylation is 4.